The Balaban J connectivity index is 2.30. The summed E-state index contributed by atoms with van der Waals surface area (Å²) in [4.78, 5) is 27.2. The van der Waals surface area contributed by atoms with Gasteiger partial charge in [0, 0.05) is 6.04 Å². The van der Waals surface area contributed by atoms with Gasteiger partial charge in [0.15, 0.2) is 0 Å². The van der Waals surface area contributed by atoms with Crippen LogP contribution in [0.2, 0.25) is 0 Å². The molecule has 120 valence electrons. The number of amides is 2. The fourth-order valence-corrected chi connectivity index (χ4v) is 3.85. The summed E-state index contributed by atoms with van der Waals surface area (Å²) in [6.45, 7) is 10.5. The Morgan fingerprint density at radius 1 is 1.33 bits per heavy atom. The van der Waals surface area contributed by atoms with Gasteiger partial charge in [-0.15, -0.1) is 0 Å². The number of rotatable bonds is 3. The normalized spacial score (nSPS) is 34.5. The highest BCUT2D eigenvalue weighted by Gasteiger charge is 2.47. The molecule has 4 nitrogen and oxygen atoms in total. The number of nitrogens with zero attached hydrogens (tertiary/aromatic N) is 1. The zero-order valence-electron chi connectivity index (χ0n) is 14.1. The molecule has 21 heavy (non-hydrogen) atoms. The van der Waals surface area contributed by atoms with E-state index in [0.717, 1.165) is 25.7 Å². The highest BCUT2D eigenvalue weighted by molar-refractivity contribution is 5.97. The molecule has 2 amide bonds. The molecule has 1 saturated carbocycles. The molecule has 4 unspecified atom stereocenters. The van der Waals surface area contributed by atoms with E-state index in [1.54, 1.807) is 0 Å². The van der Waals surface area contributed by atoms with Crippen LogP contribution in [0.4, 0.5) is 0 Å². The van der Waals surface area contributed by atoms with Crippen molar-refractivity contribution in [3.63, 3.8) is 0 Å². The Bertz CT molecular complexity index is 419. The first-order valence-corrected chi connectivity index (χ1v) is 8.42. The number of carbonyl (C=O) groups excluding carboxylic acids is 2. The smallest absolute Gasteiger partial charge is 0.246 e. The van der Waals surface area contributed by atoms with Gasteiger partial charge in [-0.05, 0) is 31.1 Å². The number of carbonyl (C=O) groups is 2. The molecule has 2 aliphatic rings. The first kappa shape index (κ1) is 16.3. The second kappa shape index (κ2) is 5.98. The summed E-state index contributed by atoms with van der Waals surface area (Å²) in [5, 5.41) is 2.93. The van der Waals surface area contributed by atoms with E-state index in [-0.39, 0.29) is 41.3 Å². The third kappa shape index (κ3) is 2.95. The molecule has 0 bridgehead atoms. The minimum atomic E-state index is -0.351. The van der Waals surface area contributed by atoms with Gasteiger partial charge in [0.05, 0.1) is 0 Å². The van der Waals surface area contributed by atoms with Crippen LogP contribution in [0.15, 0.2) is 0 Å². The summed E-state index contributed by atoms with van der Waals surface area (Å²) >= 11 is 0. The molecule has 2 fully saturated rings. The van der Waals surface area contributed by atoms with E-state index < -0.39 is 0 Å². The number of hydrogen-bond acceptors (Lipinski definition) is 2. The molecular formula is C17H30N2O2. The Kier molecular flexibility index (Phi) is 4.64. The molecule has 0 radical (unpaired) electrons. The lowest BCUT2D eigenvalue weighted by Crippen LogP contribution is -2.68. The Hall–Kier alpha value is -1.06. The van der Waals surface area contributed by atoms with E-state index in [9.17, 15) is 9.59 Å². The first-order chi connectivity index (χ1) is 9.79. The molecule has 1 saturated heterocycles. The predicted molar refractivity (Wildman–Crippen MR) is 83.7 cm³/mol. The van der Waals surface area contributed by atoms with Crippen LogP contribution in [0.25, 0.3) is 0 Å². The Labute approximate surface area is 128 Å². The zero-order chi connectivity index (χ0) is 15.8. The topological polar surface area (TPSA) is 49.4 Å². The lowest BCUT2D eigenvalue weighted by Gasteiger charge is -2.50. The SMILES string of the molecule is CCC(C)C1NC(=O)C(C)N(C2CCCCC2(C)C)C1=O. The van der Waals surface area contributed by atoms with Gasteiger partial charge in [-0.25, -0.2) is 0 Å². The second-order valence-electron chi connectivity index (χ2n) is 7.54. The van der Waals surface area contributed by atoms with Crippen molar-refractivity contribution in [2.45, 2.75) is 84.8 Å². The van der Waals surface area contributed by atoms with Crippen molar-refractivity contribution in [2.24, 2.45) is 11.3 Å². The van der Waals surface area contributed by atoms with E-state index in [4.69, 9.17) is 0 Å². The fraction of sp³-hybridized carbons (Fsp3) is 0.882. The quantitative estimate of drug-likeness (QED) is 0.870. The van der Waals surface area contributed by atoms with E-state index in [1.165, 1.54) is 6.42 Å². The van der Waals surface area contributed by atoms with Gasteiger partial charge in [-0.2, -0.15) is 0 Å². The molecule has 0 aromatic heterocycles. The molecule has 1 aliphatic carbocycles. The molecule has 0 spiro atoms. The third-order valence-corrected chi connectivity index (χ3v) is 5.61. The number of nitrogens with one attached hydrogen (secondary N) is 1. The van der Waals surface area contributed by atoms with Gasteiger partial charge in [0.25, 0.3) is 0 Å². The van der Waals surface area contributed by atoms with E-state index in [2.05, 4.69) is 26.1 Å². The first-order valence-electron chi connectivity index (χ1n) is 8.42. The predicted octanol–water partition coefficient (Wildman–Crippen LogP) is 2.72. The van der Waals surface area contributed by atoms with Crippen LogP contribution in [0.1, 0.15) is 66.7 Å². The van der Waals surface area contributed by atoms with Gasteiger partial charge in [-0.1, -0.05) is 47.0 Å². The van der Waals surface area contributed by atoms with Gasteiger partial charge in [0.1, 0.15) is 12.1 Å². The minimum Gasteiger partial charge on any atom is -0.342 e. The summed E-state index contributed by atoms with van der Waals surface area (Å²) in [6.07, 6.45) is 5.42. The molecule has 0 aromatic carbocycles. The van der Waals surface area contributed by atoms with Crippen molar-refractivity contribution < 1.29 is 9.59 Å². The molecule has 1 N–H and O–H groups in total. The summed E-state index contributed by atoms with van der Waals surface area (Å²) in [5.74, 6) is 0.306. The maximum atomic E-state index is 13.0. The van der Waals surface area contributed by atoms with Crippen LogP contribution in [-0.4, -0.2) is 34.8 Å². The molecule has 0 aromatic rings. The molecule has 2 rings (SSSR count). The molecule has 1 heterocycles. The lowest BCUT2D eigenvalue weighted by molar-refractivity contribution is -0.157. The van der Waals surface area contributed by atoms with Crippen LogP contribution in [-0.2, 0) is 9.59 Å². The van der Waals surface area contributed by atoms with E-state index in [0.29, 0.717) is 0 Å². The highest BCUT2D eigenvalue weighted by Crippen LogP contribution is 2.40. The second-order valence-corrected chi connectivity index (χ2v) is 7.54. The van der Waals surface area contributed by atoms with Crippen molar-refractivity contribution >= 4 is 11.8 Å². The largest absolute Gasteiger partial charge is 0.342 e. The maximum absolute atomic E-state index is 13.0. The van der Waals surface area contributed by atoms with Gasteiger partial charge in [0.2, 0.25) is 11.8 Å². The fourth-order valence-electron chi connectivity index (χ4n) is 3.85. The van der Waals surface area contributed by atoms with Crippen LogP contribution in [0.5, 0.6) is 0 Å². The highest BCUT2D eigenvalue weighted by atomic mass is 16.2. The molecular weight excluding hydrogens is 264 g/mol. The minimum absolute atomic E-state index is 0.00118. The molecule has 4 heteroatoms. The maximum Gasteiger partial charge on any atom is 0.246 e. The van der Waals surface area contributed by atoms with Gasteiger partial charge in [-0.3, -0.25) is 9.59 Å². The number of hydrogen-bond donors (Lipinski definition) is 1. The zero-order valence-corrected chi connectivity index (χ0v) is 14.1. The molecule has 1 aliphatic heterocycles. The van der Waals surface area contributed by atoms with Gasteiger partial charge < -0.3 is 10.2 Å². The average Bonchev–Trinajstić information content (AvgIpc) is 2.43. The monoisotopic (exact) mass is 294 g/mol. The van der Waals surface area contributed by atoms with Crippen molar-refractivity contribution in [1.82, 2.24) is 10.2 Å². The summed E-state index contributed by atoms with van der Waals surface area (Å²) in [5.41, 5.74) is 0.0970. The van der Waals surface area contributed by atoms with Crippen molar-refractivity contribution in [3.05, 3.63) is 0 Å². The van der Waals surface area contributed by atoms with Gasteiger partial charge >= 0.3 is 0 Å². The molecule has 4 atom stereocenters. The Morgan fingerprint density at radius 3 is 2.57 bits per heavy atom. The summed E-state index contributed by atoms with van der Waals surface area (Å²) < 4.78 is 0. The standard InChI is InChI=1S/C17H30N2O2/c1-6-11(2)14-16(21)19(12(3)15(20)18-14)13-9-7-8-10-17(13,4)5/h11-14H,6-10H2,1-5H3,(H,18,20). The van der Waals surface area contributed by atoms with E-state index in [1.807, 2.05) is 18.7 Å². The summed E-state index contributed by atoms with van der Waals surface area (Å²) in [6, 6.07) is -0.511. The van der Waals surface area contributed by atoms with Crippen molar-refractivity contribution in [1.29, 1.82) is 0 Å². The van der Waals surface area contributed by atoms with E-state index >= 15 is 0 Å². The number of piperazine rings is 1. The Morgan fingerprint density at radius 2 is 2.00 bits per heavy atom. The summed E-state index contributed by atoms with van der Waals surface area (Å²) in [7, 11) is 0. The average molecular weight is 294 g/mol. The lowest BCUT2D eigenvalue weighted by atomic mass is 9.71. The van der Waals surface area contributed by atoms with Crippen LogP contribution in [0.3, 0.4) is 0 Å². The van der Waals surface area contributed by atoms with Crippen molar-refractivity contribution in [2.75, 3.05) is 0 Å². The van der Waals surface area contributed by atoms with Crippen LogP contribution < -0.4 is 5.32 Å². The third-order valence-electron chi connectivity index (χ3n) is 5.61. The van der Waals surface area contributed by atoms with Crippen molar-refractivity contribution in [3.8, 4) is 0 Å². The van der Waals surface area contributed by atoms with Crippen LogP contribution >= 0.6 is 0 Å². The van der Waals surface area contributed by atoms with Crippen LogP contribution in [0, 0.1) is 11.3 Å².